The Morgan fingerprint density at radius 2 is 2.19 bits per heavy atom. The van der Waals surface area contributed by atoms with Crippen LogP contribution in [0.15, 0.2) is 55.0 Å². The lowest BCUT2D eigenvalue weighted by molar-refractivity contribution is -0.00675. The van der Waals surface area contributed by atoms with E-state index < -0.39 is 0 Å². The number of aryl methyl sites for hydroxylation is 1. The molecule has 1 aliphatic rings. The first-order valence-electron chi connectivity index (χ1n) is 9.06. The van der Waals surface area contributed by atoms with Gasteiger partial charge in [-0.1, -0.05) is 12.1 Å². The SMILES string of the molecule is Cn1ccc2c(C(=O)N3CCC[C@H](OCc4cccnc4)C3)cccc21. The third-order valence-corrected chi connectivity index (χ3v) is 5.03. The van der Waals surface area contributed by atoms with Gasteiger partial charge in [0, 0.05) is 55.2 Å². The van der Waals surface area contributed by atoms with Crippen molar-refractivity contribution in [1.29, 1.82) is 0 Å². The highest BCUT2D eigenvalue weighted by molar-refractivity contribution is 6.06. The van der Waals surface area contributed by atoms with Crippen molar-refractivity contribution in [3.8, 4) is 0 Å². The van der Waals surface area contributed by atoms with Crippen molar-refractivity contribution in [3.63, 3.8) is 0 Å². The number of piperidine rings is 1. The van der Waals surface area contributed by atoms with Crippen LogP contribution < -0.4 is 0 Å². The van der Waals surface area contributed by atoms with E-state index >= 15 is 0 Å². The van der Waals surface area contributed by atoms with Gasteiger partial charge < -0.3 is 14.2 Å². The minimum atomic E-state index is 0.0721. The molecule has 4 rings (SSSR count). The van der Waals surface area contributed by atoms with Gasteiger partial charge in [0.25, 0.3) is 5.91 Å². The lowest BCUT2D eigenvalue weighted by atomic mass is 10.0. The molecule has 0 radical (unpaired) electrons. The van der Waals surface area contributed by atoms with Crippen LogP contribution in [0.1, 0.15) is 28.8 Å². The molecule has 0 aliphatic carbocycles. The smallest absolute Gasteiger partial charge is 0.254 e. The number of fused-ring (bicyclic) bond motifs is 1. The maximum absolute atomic E-state index is 13.1. The number of nitrogens with zero attached hydrogens (tertiary/aromatic N) is 3. The summed E-state index contributed by atoms with van der Waals surface area (Å²) in [6, 6.07) is 11.9. The average Bonchev–Trinajstić information content (AvgIpc) is 3.08. The van der Waals surface area contributed by atoms with Gasteiger partial charge in [0.15, 0.2) is 0 Å². The average molecular weight is 349 g/mol. The van der Waals surface area contributed by atoms with Crippen LogP contribution >= 0.6 is 0 Å². The lowest BCUT2D eigenvalue weighted by Gasteiger charge is -2.33. The number of benzene rings is 1. The molecule has 5 nitrogen and oxygen atoms in total. The van der Waals surface area contributed by atoms with Crippen LogP contribution in [0, 0.1) is 0 Å². The second-order valence-corrected chi connectivity index (χ2v) is 6.85. The molecule has 1 amide bonds. The Morgan fingerprint density at radius 1 is 1.27 bits per heavy atom. The van der Waals surface area contributed by atoms with E-state index in [2.05, 4.69) is 4.98 Å². The highest BCUT2D eigenvalue weighted by atomic mass is 16.5. The first-order valence-corrected chi connectivity index (χ1v) is 9.06. The normalized spacial score (nSPS) is 17.6. The van der Waals surface area contributed by atoms with Gasteiger partial charge >= 0.3 is 0 Å². The van der Waals surface area contributed by atoms with Crippen LogP contribution in [0.3, 0.4) is 0 Å². The second-order valence-electron chi connectivity index (χ2n) is 6.85. The molecule has 1 saturated heterocycles. The fourth-order valence-electron chi connectivity index (χ4n) is 3.62. The Bertz CT molecular complexity index is 904. The monoisotopic (exact) mass is 349 g/mol. The molecule has 0 unspecified atom stereocenters. The van der Waals surface area contributed by atoms with E-state index in [-0.39, 0.29) is 12.0 Å². The Kier molecular flexibility index (Phi) is 4.71. The number of carbonyl (C=O) groups excluding carboxylic acids is 1. The van der Waals surface area contributed by atoms with Crippen molar-refractivity contribution < 1.29 is 9.53 Å². The van der Waals surface area contributed by atoms with Crippen LogP contribution in [0.4, 0.5) is 0 Å². The zero-order valence-corrected chi connectivity index (χ0v) is 15.0. The Labute approximate surface area is 153 Å². The summed E-state index contributed by atoms with van der Waals surface area (Å²) in [6.07, 6.45) is 7.60. The molecule has 1 aliphatic heterocycles. The summed E-state index contributed by atoms with van der Waals surface area (Å²) in [4.78, 5) is 19.1. The lowest BCUT2D eigenvalue weighted by Crippen LogP contribution is -2.43. The van der Waals surface area contributed by atoms with E-state index in [9.17, 15) is 4.79 Å². The van der Waals surface area contributed by atoms with Crippen molar-refractivity contribution in [1.82, 2.24) is 14.5 Å². The predicted octanol–water partition coefficient (Wildman–Crippen LogP) is 3.39. The van der Waals surface area contributed by atoms with Gasteiger partial charge in [0.1, 0.15) is 0 Å². The fourth-order valence-corrected chi connectivity index (χ4v) is 3.62. The van der Waals surface area contributed by atoms with Crippen molar-refractivity contribution >= 4 is 16.8 Å². The minimum absolute atomic E-state index is 0.0721. The van der Waals surface area contributed by atoms with Crippen LogP contribution in [0.25, 0.3) is 10.9 Å². The summed E-state index contributed by atoms with van der Waals surface area (Å²) in [6.45, 7) is 1.96. The van der Waals surface area contributed by atoms with Gasteiger partial charge in [0.2, 0.25) is 0 Å². The van der Waals surface area contributed by atoms with Gasteiger partial charge in [-0.3, -0.25) is 9.78 Å². The summed E-state index contributed by atoms with van der Waals surface area (Å²) in [5.41, 5.74) is 2.92. The predicted molar refractivity (Wildman–Crippen MR) is 101 cm³/mol. The second kappa shape index (κ2) is 7.30. The van der Waals surface area contributed by atoms with Crippen LogP contribution in [0.2, 0.25) is 0 Å². The van der Waals surface area contributed by atoms with Gasteiger partial charge in [-0.05, 0) is 42.7 Å². The highest BCUT2D eigenvalue weighted by Gasteiger charge is 2.26. The number of ether oxygens (including phenoxy) is 1. The maximum Gasteiger partial charge on any atom is 0.254 e. The standard InChI is InChI=1S/C21H23N3O2/c1-23-12-9-18-19(7-2-8-20(18)23)21(25)24-11-4-6-17(14-24)26-15-16-5-3-10-22-13-16/h2-3,5,7-10,12-13,17H,4,6,11,14-15H2,1H3/t17-/m0/s1. The van der Waals surface area contributed by atoms with Crippen LogP contribution in [-0.2, 0) is 18.4 Å². The number of amides is 1. The number of carbonyl (C=O) groups is 1. The van der Waals surface area contributed by atoms with Gasteiger partial charge in [0.05, 0.1) is 12.7 Å². The van der Waals surface area contributed by atoms with Crippen LogP contribution in [-0.4, -0.2) is 39.6 Å². The molecule has 1 aromatic carbocycles. The topological polar surface area (TPSA) is 47.4 Å². The molecular weight excluding hydrogens is 326 g/mol. The number of hydrogen-bond acceptors (Lipinski definition) is 3. The van der Waals surface area contributed by atoms with E-state index in [1.54, 1.807) is 6.20 Å². The van der Waals surface area contributed by atoms with E-state index in [1.807, 2.05) is 65.3 Å². The molecule has 1 fully saturated rings. The Hall–Kier alpha value is -2.66. The van der Waals surface area contributed by atoms with Gasteiger partial charge in [-0.15, -0.1) is 0 Å². The summed E-state index contributed by atoms with van der Waals surface area (Å²) in [7, 11) is 2.00. The summed E-state index contributed by atoms with van der Waals surface area (Å²) in [5, 5.41) is 1.01. The number of rotatable bonds is 4. The maximum atomic E-state index is 13.1. The third-order valence-electron chi connectivity index (χ3n) is 5.03. The van der Waals surface area contributed by atoms with Crippen LogP contribution in [0.5, 0.6) is 0 Å². The molecule has 0 saturated carbocycles. The van der Waals surface area contributed by atoms with Gasteiger partial charge in [-0.25, -0.2) is 0 Å². The molecule has 2 aromatic heterocycles. The van der Waals surface area contributed by atoms with E-state index in [4.69, 9.17) is 4.74 Å². The largest absolute Gasteiger partial charge is 0.372 e. The molecule has 0 spiro atoms. The number of pyridine rings is 1. The Morgan fingerprint density at radius 3 is 3.04 bits per heavy atom. The number of aromatic nitrogens is 2. The summed E-state index contributed by atoms with van der Waals surface area (Å²) >= 11 is 0. The highest BCUT2D eigenvalue weighted by Crippen LogP contribution is 2.23. The minimum Gasteiger partial charge on any atom is -0.372 e. The molecule has 3 heterocycles. The zero-order chi connectivity index (χ0) is 17.9. The number of hydrogen-bond donors (Lipinski definition) is 0. The molecule has 0 bridgehead atoms. The molecule has 3 aromatic rings. The molecular formula is C21H23N3O2. The van der Waals surface area contributed by atoms with E-state index in [0.717, 1.165) is 41.4 Å². The number of likely N-dealkylation sites (tertiary alicyclic amines) is 1. The summed E-state index contributed by atoms with van der Waals surface area (Å²) in [5.74, 6) is 0.0940. The van der Waals surface area contributed by atoms with E-state index in [1.165, 1.54) is 0 Å². The third kappa shape index (κ3) is 3.35. The Balaban J connectivity index is 1.46. The molecule has 134 valence electrons. The fraction of sp³-hybridized carbons (Fsp3) is 0.333. The van der Waals surface area contributed by atoms with Crippen molar-refractivity contribution in [2.45, 2.75) is 25.6 Å². The van der Waals surface area contributed by atoms with Crippen molar-refractivity contribution in [2.75, 3.05) is 13.1 Å². The zero-order valence-electron chi connectivity index (χ0n) is 15.0. The first kappa shape index (κ1) is 16.8. The molecule has 26 heavy (non-hydrogen) atoms. The van der Waals surface area contributed by atoms with E-state index in [0.29, 0.717) is 13.2 Å². The first-order chi connectivity index (χ1) is 12.7. The van der Waals surface area contributed by atoms with Gasteiger partial charge in [-0.2, -0.15) is 0 Å². The van der Waals surface area contributed by atoms with Crippen molar-refractivity contribution in [2.24, 2.45) is 7.05 Å². The molecule has 0 N–H and O–H groups in total. The quantitative estimate of drug-likeness (QED) is 0.725. The summed E-state index contributed by atoms with van der Waals surface area (Å²) < 4.78 is 8.08. The molecule has 1 atom stereocenters. The van der Waals surface area contributed by atoms with Crippen molar-refractivity contribution in [3.05, 3.63) is 66.1 Å². The molecule has 5 heteroatoms.